The van der Waals surface area contributed by atoms with Crippen LogP contribution in [-0.4, -0.2) is 22.5 Å². The van der Waals surface area contributed by atoms with Gasteiger partial charge < -0.3 is 14.6 Å². The largest absolute Gasteiger partial charge is 0.479 e. The van der Waals surface area contributed by atoms with Gasteiger partial charge in [-0.1, -0.05) is 30.2 Å². The second-order valence-corrected chi connectivity index (χ2v) is 6.47. The third kappa shape index (κ3) is 2.56. The third-order valence-electron chi connectivity index (χ3n) is 4.44. The lowest BCUT2D eigenvalue weighted by Crippen LogP contribution is -2.42. The standard InChI is InChI=1S/C16H19ClO4/c1-15(14(18)19)13(11-5-7-12(17)8-6-11)20-16(21-15)9-3-2-4-10-16/h5-8,13H,2-4,9-10H2,1H3,(H,18,19)/t13-,15+/m1/s1. The molecular weight excluding hydrogens is 292 g/mol. The molecular formula is C16H19ClO4. The minimum absolute atomic E-state index is 0.613. The molecule has 1 saturated heterocycles. The first kappa shape index (κ1) is 14.8. The monoisotopic (exact) mass is 310 g/mol. The maximum atomic E-state index is 11.8. The van der Waals surface area contributed by atoms with Gasteiger partial charge in [-0.2, -0.15) is 0 Å². The molecule has 114 valence electrons. The van der Waals surface area contributed by atoms with Crippen LogP contribution in [0.2, 0.25) is 5.02 Å². The van der Waals surface area contributed by atoms with Gasteiger partial charge in [0.25, 0.3) is 0 Å². The zero-order chi connectivity index (χ0) is 15.1. The molecule has 3 rings (SSSR count). The first-order chi connectivity index (χ1) is 9.95. The molecule has 0 aromatic heterocycles. The number of ether oxygens (including phenoxy) is 2. The van der Waals surface area contributed by atoms with Crippen molar-refractivity contribution in [3.8, 4) is 0 Å². The van der Waals surface area contributed by atoms with E-state index in [4.69, 9.17) is 21.1 Å². The average Bonchev–Trinajstić information content (AvgIpc) is 2.75. The molecule has 2 aliphatic rings. The molecule has 5 heteroatoms. The molecule has 0 bridgehead atoms. The number of halogens is 1. The van der Waals surface area contributed by atoms with Crippen LogP contribution >= 0.6 is 11.6 Å². The number of carbonyl (C=O) groups is 1. The number of aliphatic carboxylic acids is 1. The summed E-state index contributed by atoms with van der Waals surface area (Å²) in [5.41, 5.74) is -0.586. The smallest absolute Gasteiger partial charge is 0.338 e. The maximum Gasteiger partial charge on any atom is 0.338 e. The number of carboxylic acid groups (broad SMARTS) is 1. The Balaban J connectivity index is 1.96. The van der Waals surface area contributed by atoms with Gasteiger partial charge in [0, 0.05) is 17.9 Å². The summed E-state index contributed by atoms with van der Waals surface area (Å²) in [4.78, 5) is 11.8. The summed E-state index contributed by atoms with van der Waals surface area (Å²) in [5, 5.41) is 10.3. The van der Waals surface area contributed by atoms with Crippen molar-refractivity contribution >= 4 is 17.6 Å². The predicted molar refractivity (Wildman–Crippen MR) is 78.2 cm³/mol. The van der Waals surface area contributed by atoms with Gasteiger partial charge in [0.05, 0.1) is 0 Å². The lowest BCUT2D eigenvalue weighted by molar-refractivity contribution is -0.211. The summed E-state index contributed by atoms with van der Waals surface area (Å²) < 4.78 is 12.1. The number of hydrogen-bond donors (Lipinski definition) is 1. The molecule has 0 radical (unpaired) electrons. The Morgan fingerprint density at radius 3 is 2.43 bits per heavy atom. The molecule has 0 amide bonds. The van der Waals surface area contributed by atoms with Crippen LogP contribution < -0.4 is 0 Å². The molecule has 1 aromatic rings. The number of benzene rings is 1. The molecule has 2 atom stereocenters. The van der Waals surface area contributed by atoms with Gasteiger partial charge in [0.2, 0.25) is 0 Å². The van der Waals surface area contributed by atoms with Gasteiger partial charge in [-0.25, -0.2) is 4.79 Å². The van der Waals surface area contributed by atoms with Crippen LogP contribution in [0.3, 0.4) is 0 Å². The maximum absolute atomic E-state index is 11.8. The van der Waals surface area contributed by atoms with Gasteiger partial charge in [-0.15, -0.1) is 0 Å². The second kappa shape index (κ2) is 5.27. The highest BCUT2D eigenvalue weighted by atomic mass is 35.5. The molecule has 0 unspecified atom stereocenters. The second-order valence-electron chi connectivity index (χ2n) is 6.04. The van der Waals surface area contributed by atoms with E-state index < -0.39 is 23.5 Å². The summed E-state index contributed by atoms with van der Waals surface area (Å²) in [7, 11) is 0. The van der Waals surface area contributed by atoms with Crippen molar-refractivity contribution in [3.05, 3.63) is 34.9 Å². The fourth-order valence-corrected chi connectivity index (χ4v) is 3.41. The Labute approximate surface area is 129 Å². The molecule has 1 aliphatic carbocycles. The normalized spacial score (nSPS) is 31.4. The van der Waals surface area contributed by atoms with Gasteiger partial charge in [0.15, 0.2) is 11.4 Å². The number of rotatable bonds is 2. The van der Waals surface area contributed by atoms with Gasteiger partial charge in [0.1, 0.15) is 6.10 Å². The first-order valence-corrected chi connectivity index (χ1v) is 7.70. The highest BCUT2D eigenvalue weighted by Gasteiger charge is 2.59. The summed E-state index contributed by atoms with van der Waals surface area (Å²) in [6.45, 7) is 1.60. The Morgan fingerprint density at radius 1 is 1.24 bits per heavy atom. The SMILES string of the molecule is C[C@]1(C(=O)O)OC2(CCCCC2)O[C@@H]1c1ccc(Cl)cc1. The van der Waals surface area contributed by atoms with E-state index in [1.807, 2.05) is 0 Å². The molecule has 1 spiro atoms. The van der Waals surface area contributed by atoms with E-state index >= 15 is 0 Å². The lowest BCUT2D eigenvalue weighted by Gasteiger charge is -2.32. The Bertz CT molecular complexity index is 536. The van der Waals surface area contributed by atoms with Crippen molar-refractivity contribution < 1.29 is 19.4 Å². The molecule has 4 nitrogen and oxygen atoms in total. The van der Waals surface area contributed by atoms with Crippen molar-refractivity contribution in [1.82, 2.24) is 0 Å². The van der Waals surface area contributed by atoms with E-state index in [0.29, 0.717) is 5.02 Å². The van der Waals surface area contributed by atoms with Crippen LogP contribution in [0.5, 0.6) is 0 Å². The van der Waals surface area contributed by atoms with Crippen molar-refractivity contribution in [2.45, 2.75) is 56.5 Å². The van der Waals surface area contributed by atoms with E-state index in [1.165, 1.54) is 0 Å². The highest BCUT2D eigenvalue weighted by molar-refractivity contribution is 6.30. The Kier molecular flexibility index (Phi) is 3.72. The molecule has 2 fully saturated rings. The number of hydrogen-bond acceptors (Lipinski definition) is 3. The molecule has 1 saturated carbocycles. The van der Waals surface area contributed by atoms with Crippen LogP contribution in [0, 0.1) is 0 Å². The summed E-state index contributed by atoms with van der Waals surface area (Å²) >= 11 is 5.91. The molecule has 1 N–H and O–H groups in total. The minimum Gasteiger partial charge on any atom is -0.479 e. The summed E-state index contributed by atoms with van der Waals surface area (Å²) in [6.07, 6.45) is 4.03. The van der Waals surface area contributed by atoms with Crippen LogP contribution in [-0.2, 0) is 14.3 Å². The number of carboxylic acids is 1. The molecule has 1 aliphatic heterocycles. The summed E-state index contributed by atoms with van der Waals surface area (Å²) in [6, 6.07) is 7.10. The first-order valence-electron chi connectivity index (χ1n) is 7.32. The van der Waals surface area contributed by atoms with Crippen LogP contribution in [0.25, 0.3) is 0 Å². The van der Waals surface area contributed by atoms with E-state index in [-0.39, 0.29) is 0 Å². The fourth-order valence-electron chi connectivity index (χ4n) is 3.28. The van der Waals surface area contributed by atoms with Crippen molar-refractivity contribution in [1.29, 1.82) is 0 Å². The van der Waals surface area contributed by atoms with Crippen molar-refractivity contribution in [3.63, 3.8) is 0 Å². The zero-order valence-electron chi connectivity index (χ0n) is 12.0. The Hall–Kier alpha value is -1.10. The zero-order valence-corrected chi connectivity index (χ0v) is 12.7. The lowest BCUT2D eigenvalue weighted by atomic mass is 9.93. The van der Waals surface area contributed by atoms with Gasteiger partial charge in [-0.3, -0.25) is 0 Å². The van der Waals surface area contributed by atoms with Crippen LogP contribution in [0.4, 0.5) is 0 Å². The van der Waals surface area contributed by atoms with Crippen molar-refractivity contribution in [2.75, 3.05) is 0 Å². The molecule has 21 heavy (non-hydrogen) atoms. The van der Waals surface area contributed by atoms with Gasteiger partial charge in [-0.05, 0) is 37.5 Å². The van der Waals surface area contributed by atoms with Crippen molar-refractivity contribution in [2.24, 2.45) is 0 Å². The van der Waals surface area contributed by atoms with E-state index in [0.717, 1.165) is 37.7 Å². The topological polar surface area (TPSA) is 55.8 Å². The Morgan fingerprint density at radius 2 is 1.86 bits per heavy atom. The predicted octanol–water partition coefficient (Wildman–Crippen LogP) is 3.93. The summed E-state index contributed by atoms with van der Waals surface area (Å²) in [5.74, 6) is -1.75. The van der Waals surface area contributed by atoms with E-state index in [1.54, 1.807) is 31.2 Å². The van der Waals surface area contributed by atoms with E-state index in [9.17, 15) is 9.90 Å². The average molecular weight is 311 g/mol. The molecule has 1 aromatic carbocycles. The minimum atomic E-state index is -1.37. The molecule has 1 heterocycles. The van der Waals surface area contributed by atoms with E-state index in [2.05, 4.69) is 0 Å². The van der Waals surface area contributed by atoms with Gasteiger partial charge >= 0.3 is 5.97 Å². The fraction of sp³-hybridized carbons (Fsp3) is 0.562. The quantitative estimate of drug-likeness (QED) is 0.899. The van der Waals surface area contributed by atoms with Crippen LogP contribution in [0.15, 0.2) is 24.3 Å². The van der Waals surface area contributed by atoms with Crippen LogP contribution in [0.1, 0.15) is 50.7 Å². The third-order valence-corrected chi connectivity index (χ3v) is 4.70. The highest BCUT2D eigenvalue weighted by Crippen LogP contribution is 2.51.